The van der Waals surface area contributed by atoms with E-state index in [0.29, 0.717) is 19.6 Å². The predicted molar refractivity (Wildman–Crippen MR) is 97.1 cm³/mol. The highest BCUT2D eigenvalue weighted by molar-refractivity contribution is 6.04. The zero-order valence-electron chi connectivity index (χ0n) is 15.3. The quantitative estimate of drug-likeness (QED) is 0.842. The van der Waals surface area contributed by atoms with Gasteiger partial charge in [-0.2, -0.15) is 0 Å². The molecule has 1 fully saturated rings. The molecule has 1 aromatic carbocycles. The zero-order valence-corrected chi connectivity index (χ0v) is 15.3. The Labute approximate surface area is 145 Å². The Morgan fingerprint density at radius 2 is 1.83 bits per heavy atom. The van der Waals surface area contributed by atoms with E-state index < -0.39 is 5.41 Å². The first-order valence-electron chi connectivity index (χ1n) is 8.75. The number of carbonyl (C=O) groups excluding carboxylic acids is 2. The average Bonchev–Trinajstić information content (AvgIpc) is 2.59. The highest BCUT2D eigenvalue weighted by Crippen LogP contribution is 2.23. The molecule has 0 spiro atoms. The Bertz CT molecular complexity index is 590. The Balaban J connectivity index is 1.96. The number of hydrogen-bond donors (Lipinski definition) is 1. The van der Waals surface area contributed by atoms with E-state index in [-0.39, 0.29) is 11.8 Å². The highest BCUT2D eigenvalue weighted by atomic mass is 16.2. The van der Waals surface area contributed by atoms with Crippen LogP contribution in [0.3, 0.4) is 0 Å². The van der Waals surface area contributed by atoms with Crippen LogP contribution in [0.15, 0.2) is 24.3 Å². The summed E-state index contributed by atoms with van der Waals surface area (Å²) in [6.45, 7) is 11.0. The summed E-state index contributed by atoms with van der Waals surface area (Å²) in [5.74, 6) is -0.268. The van der Waals surface area contributed by atoms with E-state index in [1.165, 1.54) is 11.3 Å². The molecule has 0 atom stereocenters. The summed E-state index contributed by atoms with van der Waals surface area (Å²) in [5, 5.41) is 2.84. The van der Waals surface area contributed by atoms with Crippen LogP contribution in [0, 0.1) is 12.3 Å². The van der Waals surface area contributed by atoms with E-state index in [1.54, 1.807) is 13.8 Å². The summed E-state index contributed by atoms with van der Waals surface area (Å²) >= 11 is 0. The summed E-state index contributed by atoms with van der Waals surface area (Å²) in [6, 6.07) is 8.41. The van der Waals surface area contributed by atoms with E-state index in [9.17, 15) is 9.59 Å². The Morgan fingerprint density at radius 1 is 1.17 bits per heavy atom. The molecule has 0 bridgehead atoms. The smallest absolute Gasteiger partial charge is 0.237 e. The first-order valence-corrected chi connectivity index (χ1v) is 8.75. The second-order valence-corrected chi connectivity index (χ2v) is 7.00. The van der Waals surface area contributed by atoms with E-state index in [0.717, 1.165) is 19.5 Å². The monoisotopic (exact) mass is 331 g/mol. The molecule has 5 heteroatoms. The van der Waals surface area contributed by atoms with Gasteiger partial charge in [0.1, 0.15) is 5.41 Å². The van der Waals surface area contributed by atoms with Gasteiger partial charge in [0.15, 0.2) is 0 Å². The molecule has 2 amide bonds. The largest absolute Gasteiger partial charge is 0.368 e. The standard InChI is InChI=1S/C19H29N3O2/c1-5-9-20-17(23)19(3,4)18(24)22-12-10-21(11-13-22)16-8-6-7-15(2)14-16/h6-8,14H,5,9-13H2,1-4H3,(H,20,23). The van der Waals surface area contributed by atoms with Crippen LogP contribution < -0.4 is 10.2 Å². The maximum atomic E-state index is 12.8. The van der Waals surface area contributed by atoms with Gasteiger partial charge in [0, 0.05) is 38.4 Å². The van der Waals surface area contributed by atoms with Crippen LogP contribution >= 0.6 is 0 Å². The van der Waals surface area contributed by atoms with E-state index in [4.69, 9.17) is 0 Å². The fourth-order valence-electron chi connectivity index (χ4n) is 2.94. The van der Waals surface area contributed by atoms with E-state index in [1.807, 2.05) is 11.8 Å². The number of hydrogen-bond acceptors (Lipinski definition) is 3. The Morgan fingerprint density at radius 3 is 2.42 bits per heavy atom. The molecule has 132 valence electrons. The van der Waals surface area contributed by atoms with Gasteiger partial charge in [-0.25, -0.2) is 0 Å². The summed E-state index contributed by atoms with van der Waals surface area (Å²) in [5.41, 5.74) is 1.42. The Hall–Kier alpha value is -2.04. The molecule has 5 nitrogen and oxygen atoms in total. The van der Waals surface area contributed by atoms with E-state index >= 15 is 0 Å². The van der Waals surface area contributed by atoms with Gasteiger partial charge < -0.3 is 15.1 Å². The lowest BCUT2D eigenvalue weighted by atomic mass is 9.90. The molecule has 0 radical (unpaired) electrons. The number of aryl methyl sites for hydroxylation is 1. The van der Waals surface area contributed by atoms with Crippen molar-refractivity contribution < 1.29 is 9.59 Å². The lowest BCUT2D eigenvalue weighted by molar-refractivity contribution is -0.148. The van der Waals surface area contributed by atoms with Crippen molar-refractivity contribution in [1.29, 1.82) is 0 Å². The molecule has 24 heavy (non-hydrogen) atoms. The van der Waals surface area contributed by atoms with Gasteiger partial charge in [-0.3, -0.25) is 9.59 Å². The molecule has 1 heterocycles. The first-order chi connectivity index (χ1) is 11.4. The van der Waals surface area contributed by atoms with Crippen LogP contribution in [-0.4, -0.2) is 49.4 Å². The average molecular weight is 331 g/mol. The van der Waals surface area contributed by atoms with E-state index in [2.05, 4.69) is 41.4 Å². The fraction of sp³-hybridized carbons (Fsp3) is 0.579. The molecule has 0 aliphatic carbocycles. The van der Waals surface area contributed by atoms with Gasteiger partial charge in [-0.05, 0) is 44.9 Å². The van der Waals surface area contributed by atoms with Gasteiger partial charge >= 0.3 is 0 Å². The molecule has 1 aromatic rings. The van der Waals surface area contributed by atoms with Crippen molar-refractivity contribution in [2.45, 2.75) is 34.1 Å². The maximum Gasteiger partial charge on any atom is 0.237 e. The van der Waals surface area contributed by atoms with Gasteiger partial charge in [-0.1, -0.05) is 19.1 Å². The number of rotatable bonds is 5. The van der Waals surface area contributed by atoms with Crippen LogP contribution in [0.4, 0.5) is 5.69 Å². The molecule has 1 aliphatic rings. The summed E-state index contributed by atoms with van der Waals surface area (Å²) in [6.07, 6.45) is 0.866. The topological polar surface area (TPSA) is 52.7 Å². The molecule has 0 saturated carbocycles. The third-order valence-electron chi connectivity index (χ3n) is 4.57. The van der Waals surface area contributed by atoms with Crippen molar-refractivity contribution in [1.82, 2.24) is 10.2 Å². The number of benzene rings is 1. The van der Waals surface area contributed by atoms with Crippen molar-refractivity contribution in [2.24, 2.45) is 5.41 Å². The highest BCUT2D eigenvalue weighted by Gasteiger charge is 2.39. The van der Waals surface area contributed by atoms with Gasteiger partial charge in [0.2, 0.25) is 11.8 Å². The number of nitrogens with zero attached hydrogens (tertiary/aromatic N) is 2. The SMILES string of the molecule is CCCNC(=O)C(C)(C)C(=O)N1CCN(c2cccc(C)c2)CC1. The van der Waals surface area contributed by atoms with Gasteiger partial charge in [-0.15, -0.1) is 0 Å². The van der Waals surface area contributed by atoms with Crippen LogP contribution in [0.5, 0.6) is 0 Å². The molecule has 0 unspecified atom stereocenters. The summed E-state index contributed by atoms with van der Waals surface area (Å²) in [4.78, 5) is 29.1. The molecule has 2 rings (SSSR count). The van der Waals surface area contributed by atoms with Crippen LogP contribution in [-0.2, 0) is 9.59 Å². The number of piperazine rings is 1. The van der Waals surface area contributed by atoms with Crippen molar-refractivity contribution >= 4 is 17.5 Å². The number of carbonyl (C=O) groups is 2. The molecule has 0 aromatic heterocycles. The second kappa shape index (κ2) is 7.69. The molecular weight excluding hydrogens is 302 g/mol. The third-order valence-corrected chi connectivity index (χ3v) is 4.57. The number of nitrogens with one attached hydrogen (secondary N) is 1. The van der Waals surface area contributed by atoms with Crippen molar-refractivity contribution in [3.63, 3.8) is 0 Å². The second-order valence-electron chi connectivity index (χ2n) is 7.00. The molecule has 1 N–H and O–H groups in total. The van der Waals surface area contributed by atoms with Crippen LogP contribution in [0.2, 0.25) is 0 Å². The lowest BCUT2D eigenvalue weighted by Crippen LogP contribution is -2.55. The van der Waals surface area contributed by atoms with Crippen LogP contribution in [0.1, 0.15) is 32.8 Å². The van der Waals surface area contributed by atoms with Crippen molar-refractivity contribution in [3.05, 3.63) is 29.8 Å². The number of anilines is 1. The van der Waals surface area contributed by atoms with Crippen molar-refractivity contribution in [2.75, 3.05) is 37.6 Å². The molecule has 1 aliphatic heterocycles. The first kappa shape index (κ1) is 18.3. The lowest BCUT2D eigenvalue weighted by Gasteiger charge is -2.39. The van der Waals surface area contributed by atoms with Crippen LogP contribution in [0.25, 0.3) is 0 Å². The van der Waals surface area contributed by atoms with Gasteiger partial charge in [0.05, 0.1) is 0 Å². The Kier molecular flexibility index (Phi) is 5.86. The maximum absolute atomic E-state index is 12.8. The molecular formula is C19H29N3O2. The minimum atomic E-state index is -1.01. The number of amides is 2. The predicted octanol–water partition coefficient (Wildman–Crippen LogP) is 2.20. The molecule has 1 saturated heterocycles. The van der Waals surface area contributed by atoms with Crippen molar-refractivity contribution in [3.8, 4) is 0 Å². The van der Waals surface area contributed by atoms with Gasteiger partial charge in [0.25, 0.3) is 0 Å². The zero-order chi connectivity index (χ0) is 17.7. The third kappa shape index (κ3) is 4.08. The fourth-order valence-corrected chi connectivity index (χ4v) is 2.94. The normalized spacial score (nSPS) is 15.3. The summed E-state index contributed by atoms with van der Waals surface area (Å²) < 4.78 is 0. The minimum Gasteiger partial charge on any atom is -0.368 e. The minimum absolute atomic E-state index is 0.0833. The summed E-state index contributed by atoms with van der Waals surface area (Å²) in [7, 11) is 0.